The second-order valence-corrected chi connectivity index (χ2v) is 6.80. The van der Waals surface area contributed by atoms with Gasteiger partial charge in [-0.25, -0.2) is 4.98 Å². The van der Waals surface area contributed by atoms with Crippen molar-refractivity contribution >= 4 is 33.1 Å². The maximum Gasteiger partial charge on any atom is 0.387 e. The molecule has 136 valence electrons. The minimum absolute atomic E-state index is 0.00725. The molecule has 0 radical (unpaired) electrons. The Morgan fingerprint density at radius 1 is 1.31 bits per heavy atom. The maximum absolute atomic E-state index is 12.6. The van der Waals surface area contributed by atoms with E-state index >= 15 is 0 Å². The number of ether oxygens (including phenoxy) is 1. The summed E-state index contributed by atoms with van der Waals surface area (Å²) in [6.45, 7) is 0.657. The van der Waals surface area contributed by atoms with E-state index in [1.165, 1.54) is 46.5 Å². The number of nitrogens with one attached hydrogen (secondary N) is 1. The highest BCUT2D eigenvalue weighted by Crippen LogP contribution is 2.25. The van der Waals surface area contributed by atoms with Crippen LogP contribution < -0.4 is 15.6 Å². The summed E-state index contributed by atoms with van der Waals surface area (Å²) in [5, 5.41) is 3.12. The van der Waals surface area contributed by atoms with E-state index in [4.69, 9.17) is 0 Å². The molecule has 0 atom stereocenters. The van der Waals surface area contributed by atoms with Crippen molar-refractivity contribution in [3.63, 3.8) is 0 Å². The van der Waals surface area contributed by atoms with Gasteiger partial charge in [0.1, 0.15) is 17.1 Å². The molecule has 3 aromatic rings. The van der Waals surface area contributed by atoms with Crippen LogP contribution >= 0.6 is 11.3 Å². The Bertz CT molecular complexity index is 1010. The van der Waals surface area contributed by atoms with Gasteiger partial charge < -0.3 is 10.1 Å². The Labute approximate surface area is 151 Å². The Balaban J connectivity index is 1.74. The summed E-state index contributed by atoms with van der Waals surface area (Å²) in [6.07, 6.45) is 1.35. The van der Waals surface area contributed by atoms with Gasteiger partial charge in [0.25, 0.3) is 5.56 Å². The van der Waals surface area contributed by atoms with E-state index in [0.717, 1.165) is 10.4 Å². The van der Waals surface area contributed by atoms with Crippen molar-refractivity contribution in [3.05, 3.63) is 51.4 Å². The predicted molar refractivity (Wildman–Crippen MR) is 95.1 cm³/mol. The van der Waals surface area contributed by atoms with Crippen molar-refractivity contribution < 1.29 is 18.3 Å². The van der Waals surface area contributed by atoms with Crippen molar-refractivity contribution in [2.45, 2.75) is 27.0 Å². The number of anilines is 1. The first-order valence-electron chi connectivity index (χ1n) is 7.65. The third-order valence-corrected chi connectivity index (χ3v) is 4.95. The molecular formula is C17H15F2N3O3S. The molecule has 1 aromatic carbocycles. The molecule has 2 heterocycles. The zero-order chi connectivity index (χ0) is 18.8. The third kappa shape index (κ3) is 3.72. The minimum Gasteiger partial charge on any atom is -0.435 e. The molecular weight excluding hydrogens is 364 g/mol. The zero-order valence-electron chi connectivity index (χ0n) is 14.0. The van der Waals surface area contributed by atoms with E-state index in [1.807, 2.05) is 13.8 Å². The summed E-state index contributed by atoms with van der Waals surface area (Å²) in [6, 6.07) is 5.51. The number of benzene rings is 1. The molecule has 0 saturated heterocycles. The Hall–Kier alpha value is -2.81. The molecule has 0 aliphatic heterocycles. The lowest BCUT2D eigenvalue weighted by atomic mass is 10.2. The quantitative estimate of drug-likeness (QED) is 0.738. The lowest BCUT2D eigenvalue weighted by Crippen LogP contribution is -2.27. The number of carbonyl (C=O) groups is 1. The van der Waals surface area contributed by atoms with Gasteiger partial charge in [0.05, 0.1) is 11.7 Å². The van der Waals surface area contributed by atoms with E-state index in [0.29, 0.717) is 15.9 Å². The van der Waals surface area contributed by atoms with Crippen LogP contribution in [0.15, 0.2) is 35.4 Å². The number of alkyl halides is 2. The van der Waals surface area contributed by atoms with Gasteiger partial charge in [0.2, 0.25) is 5.91 Å². The van der Waals surface area contributed by atoms with Crippen LogP contribution in [0.25, 0.3) is 10.2 Å². The van der Waals surface area contributed by atoms with Crippen LogP contribution in [0.3, 0.4) is 0 Å². The molecule has 3 rings (SSSR count). The number of aromatic nitrogens is 2. The molecule has 0 unspecified atom stereocenters. The number of hydrogen-bond donors (Lipinski definition) is 1. The fourth-order valence-corrected chi connectivity index (χ4v) is 3.45. The molecule has 9 heteroatoms. The van der Waals surface area contributed by atoms with E-state index in [1.54, 1.807) is 0 Å². The standard InChI is InChI=1S/C17H15F2N3O3S/c1-9-10(2)26-15-14(9)16(24)22(8-20-15)7-13(23)21-11-3-5-12(6-4-11)25-17(18)19/h3-6,8,17H,7H2,1-2H3,(H,21,23). The lowest BCUT2D eigenvalue weighted by molar-refractivity contribution is -0.116. The van der Waals surface area contributed by atoms with Crippen molar-refractivity contribution in [2.75, 3.05) is 5.32 Å². The summed E-state index contributed by atoms with van der Waals surface area (Å²) in [7, 11) is 0. The monoisotopic (exact) mass is 379 g/mol. The summed E-state index contributed by atoms with van der Waals surface area (Å²) < 4.78 is 29.7. The Morgan fingerprint density at radius 3 is 2.65 bits per heavy atom. The number of fused-ring (bicyclic) bond motifs is 1. The molecule has 2 aromatic heterocycles. The predicted octanol–water partition coefficient (Wildman–Crippen LogP) is 3.31. The van der Waals surface area contributed by atoms with Crippen LogP contribution in [0.4, 0.5) is 14.5 Å². The maximum atomic E-state index is 12.6. The molecule has 1 N–H and O–H groups in total. The lowest BCUT2D eigenvalue weighted by Gasteiger charge is -2.09. The number of rotatable bonds is 5. The number of nitrogens with zero attached hydrogens (tertiary/aromatic N) is 2. The van der Waals surface area contributed by atoms with Crippen molar-refractivity contribution in [2.24, 2.45) is 0 Å². The summed E-state index contributed by atoms with van der Waals surface area (Å²) in [4.78, 5) is 30.6. The highest BCUT2D eigenvalue weighted by atomic mass is 32.1. The fourth-order valence-electron chi connectivity index (χ4n) is 2.46. The van der Waals surface area contributed by atoms with Gasteiger partial charge in [-0.05, 0) is 43.7 Å². The van der Waals surface area contributed by atoms with E-state index in [-0.39, 0.29) is 17.9 Å². The van der Waals surface area contributed by atoms with E-state index in [9.17, 15) is 18.4 Å². The molecule has 6 nitrogen and oxygen atoms in total. The molecule has 0 aliphatic rings. The normalized spacial score (nSPS) is 11.1. The average Bonchev–Trinajstić information content (AvgIpc) is 2.87. The fraction of sp³-hybridized carbons (Fsp3) is 0.235. The van der Waals surface area contributed by atoms with E-state index < -0.39 is 12.5 Å². The van der Waals surface area contributed by atoms with Crippen LogP contribution in [0.1, 0.15) is 10.4 Å². The van der Waals surface area contributed by atoms with Crippen LogP contribution in [0, 0.1) is 13.8 Å². The molecule has 0 aliphatic carbocycles. The van der Waals surface area contributed by atoms with Gasteiger partial charge >= 0.3 is 6.61 Å². The highest BCUT2D eigenvalue weighted by Gasteiger charge is 2.14. The molecule has 0 spiro atoms. The Kier molecular flexibility index (Phi) is 4.99. The van der Waals surface area contributed by atoms with E-state index in [2.05, 4.69) is 15.0 Å². The first-order chi connectivity index (χ1) is 12.3. The number of hydrogen-bond acceptors (Lipinski definition) is 5. The molecule has 0 bridgehead atoms. The Morgan fingerprint density at radius 2 is 2.00 bits per heavy atom. The zero-order valence-corrected chi connectivity index (χ0v) is 14.8. The van der Waals surface area contributed by atoms with Crippen LogP contribution in [0.5, 0.6) is 5.75 Å². The number of carbonyl (C=O) groups excluding carboxylic acids is 1. The minimum atomic E-state index is -2.91. The first-order valence-corrected chi connectivity index (χ1v) is 8.46. The van der Waals surface area contributed by atoms with Gasteiger partial charge in [-0.1, -0.05) is 0 Å². The first kappa shape index (κ1) is 18.0. The number of thiophene rings is 1. The second kappa shape index (κ2) is 7.20. The highest BCUT2D eigenvalue weighted by molar-refractivity contribution is 7.18. The smallest absolute Gasteiger partial charge is 0.387 e. The van der Waals surface area contributed by atoms with Gasteiger partial charge in [-0.15, -0.1) is 11.3 Å². The molecule has 0 saturated carbocycles. The molecule has 1 amide bonds. The average molecular weight is 379 g/mol. The van der Waals surface area contributed by atoms with Crippen LogP contribution in [-0.2, 0) is 11.3 Å². The summed E-state index contributed by atoms with van der Waals surface area (Å²) in [5.41, 5.74) is 1.00. The van der Waals surface area contributed by atoms with Crippen LogP contribution in [0.2, 0.25) is 0 Å². The van der Waals surface area contributed by atoms with Crippen molar-refractivity contribution in [3.8, 4) is 5.75 Å². The number of aryl methyl sites for hydroxylation is 2. The topological polar surface area (TPSA) is 73.2 Å². The van der Waals surface area contributed by atoms with Crippen molar-refractivity contribution in [1.29, 1.82) is 0 Å². The van der Waals surface area contributed by atoms with Gasteiger partial charge in [-0.2, -0.15) is 8.78 Å². The second-order valence-electron chi connectivity index (χ2n) is 5.59. The third-order valence-electron chi connectivity index (χ3n) is 3.83. The summed E-state index contributed by atoms with van der Waals surface area (Å²) >= 11 is 1.44. The number of halogens is 2. The van der Waals surface area contributed by atoms with Gasteiger partial charge in [-0.3, -0.25) is 14.2 Å². The SMILES string of the molecule is Cc1sc2ncn(CC(=O)Nc3ccc(OC(F)F)cc3)c(=O)c2c1C. The molecule has 26 heavy (non-hydrogen) atoms. The molecule has 0 fully saturated rings. The van der Waals surface area contributed by atoms with Gasteiger partial charge in [0.15, 0.2) is 0 Å². The van der Waals surface area contributed by atoms with Crippen LogP contribution in [-0.4, -0.2) is 22.1 Å². The summed E-state index contributed by atoms with van der Waals surface area (Å²) in [5.74, 6) is -0.437. The largest absolute Gasteiger partial charge is 0.435 e. The van der Waals surface area contributed by atoms with Crippen molar-refractivity contribution in [1.82, 2.24) is 9.55 Å². The van der Waals surface area contributed by atoms with Gasteiger partial charge in [0, 0.05) is 10.6 Å². The number of amides is 1.